The van der Waals surface area contributed by atoms with Crippen LogP contribution in [0.5, 0.6) is 5.75 Å². The molecule has 2 rings (SSSR count). The van der Waals surface area contributed by atoms with Crippen LogP contribution in [0.25, 0.3) is 0 Å². The molecule has 1 atom stereocenters. The first-order valence-electron chi connectivity index (χ1n) is 7.07. The van der Waals surface area contributed by atoms with Crippen molar-refractivity contribution in [2.45, 2.75) is 26.4 Å². The van der Waals surface area contributed by atoms with Crippen LogP contribution in [0.4, 0.5) is 0 Å². The zero-order chi connectivity index (χ0) is 15.2. The van der Waals surface area contributed by atoms with Crippen LogP contribution in [-0.2, 0) is 6.54 Å². The molecule has 0 aliphatic carbocycles. The van der Waals surface area contributed by atoms with Crippen LogP contribution in [0.1, 0.15) is 28.4 Å². The van der Waals surface area contributed by atoms with Gasteiger partial charge in [-0.3, -0.25) is 4.79 Å². The Labute approximate surface area is 126 Å². The smallest absolute Gasteiger partial charge is 0.179 e. The Kier molecular flexibility index (Phi) is 5.12. The highest BCUT2D eigenvalue weighted by Gasteiger charge is 2.14. The molecule has 110 valence electrons. The molecule has 2 aromatic carbocycles. The van der Waals surface area contributed by atoms with Gasteiger partial charge in [-0.2, -0.15) is 0 Å². The van der Waals surface area contributed by atoms with Crippen molar-refractivity contribution in [1.29, 1.82) is 0 Å². The number of methoxy groups -OCH3 is 1. The molecule has 0 aromatic heterocycles. The molecule has 0 aliphatic rings. The lowest BCUT2D eigenvalue weighted by molar-refractivity contribution is 0.0950. The molecular formula is C18H21NO2. The molecule has 0 fully saturated rings. The van der Waals surface area contributed by atoms with Crippen LogP contribution < -0.4 is 10.1 Å². The Bertz CT molecular complexity index is 588. The van der Waals surface area contributed by atoms with E-state index in [0.29, 0.717) is 6.54 Å². The average molecular weight is 283 g/mol. The lowest BCUT2D eigenvalue weighted by Gasteiger charge is -2.13. The summed E-state index contributed by atoms with van der Waals surface area (Å²) in [6, 6.07) is 15.3. The lowest BCUT2D eigenvalue weighted by atomic mass is 10.0. The van der Waals surface area contributed by atoms with Gasteiger partial charge in [-0.25, -0.2) is 0 Å². The first-order chi connectivity index (χ1) is 10.1. The van der Waals surface area contributed by atoms with Crippen molar-refractivity contribution in [1.82, 2.24) is 5.32 Å². The number of ether oxygens (including phenoxy) is 1. The highest BCUT2D eigenvalue weighted by molar-refractivity contribution is 5.99. The van der Waals surface area contributed by atoms with Crippen molar-refractivity contribution in [2.24, 2.45) is 0 Å². The lowest BCUT2D eigenvalue weighted by Crippen LogP contribution is -2.33. The molecule has 1 unspecified atom stereocenters. The standard InChI is InChI=1S/C18H21NO2/c1-13-4-8-16(9-5-13)18(20)14(2)19-12-15-6-10-17(21-3)11-7-15/h4-11,14,19H,12H2,1-3H3. The number of rotatable bonds is 6. The highest BCUT2D eigenvalue weighted by Crippen LogP contribution is 2.12. The van der Waals surface area contributed by atoms with E-state index in [1.54, 1.807) is 7.11 Å². The maximum Gasteiger partial charge on any atom is 0.179 e. The molecule has 0 amide bonds. The summed E-state index contributed by atoms with van der Waals surface area (Å²) in [6.45, 7) is 4.56. The summed E-state index contributed by atoms with van der Waals surface area (Å²) in [7, 11) is 1.65. The van der Waals surface area contributed by atoms with Gasteiger partial charge in [0.1, 0.15) is 5.75 Å². The third kappa shape index (κ3) is 4.17. The number of hydrogen-bond acceptors (Lipinski definition) is 3. The first kappa shape index (κ1) is 15.3. The molecule has 1 N–H and O–H groups in total. The summed E-state index contributed by atoms with van der Waals surface area (Å²) in [4.78, 5) is 12.3. The second-order valence-corrected chi connectivity index (χ2v) is 5.18. The fourth-order valence-electron chi connectivity index (χ4n) is 2.07. The van der Waals surface area contributed by atoms with E-state index in [9.17, 15) is 4.79 Å². The van der Waals surface area contributed by atoms with Gasteiger partial charge in [-0.15, -0.1) is 0 Å². The number of carbonyl (C=O) groups is 1. The summed E-state index contributed by atoms with van der Waals surface area (Å²) in [5.74, 6) is 0.950. The molecular weight excluding hydrogens is 262 g/mol. The highest BCUT2D eigenvalue weighted by atomic mass is 16.5. The topological polar surface area (TPSA) is 38.3 Å². The molecule has 2 aromatic rings. The predicted octanol–water partition coefficient (Wildman–Crippen LogP) is 3.36. The minimum atomic E-state index is -0.213. The van der Waals surface area contributed by atoms with Gasteiger partial charge in [0.15, 0.2) is 5.78 Å². The van der Waals surface area contributed by atoms with Gasteiger partial charge in [0.05, 0.1) is 13.2 Å². The quantitative estimate of drug-likeness (QED) is 0.826. The average Bonchev–Trinajstić information content (AvgIpc) is 2.53. The van der Waals surface area contributed by atoms with E-state index < -0.39 is 0 Å². The van der Waals surface area contributed by atoms with Crippen LogP contribution >= 0.6 is 0 Å². The second-order valence-electron chi connectivity index (χ2n) is 5.18. The number of benzene rings is 2. The van der Waals surface area contributed by atoms with E-state index in [1.807, 2.05) is 62.4 Å². The zero-order valence-electron chi connectivity index (χ0n) is 12.7. The van der Waals surface area contributed by atoms with Crippen molar-refractivity contribution in [3.8, 4) is 5.75 Å². The van der Waals surface area contributed by atoms with Crippen molar-refractivity contribution >= 4 is 5.78 Å². The maximum atomic E-state index is 12.3. The number of hydrogen-bond donors (Lipinski definition) is 1. The number of aryl methyl sites for hydroxylation is 1. The van der Waals surface area contributed by atoms with Gasteiger partial charge in [-0.1, -0.05) is 42.0 Å². The van der Waals surface area contributed by atoms with Gasteiger partial charge in [0.25, 0.3) is 0 Å². The monoisotopic (exact) mass is 283 g/mol. The Morgan fingerprint density at radius 1 is 1.10 bits per heavy atom. The van der Waals surface area contributed by atoms with Crippen LogP contribution in [0.15, 0.2) is 48.5 Å². The minimum Gasteiger partial charge on any atom is -0.497 e. The summed E-state index contributed by atoms with van der Waals surface area (Å²) >= 11 is 0. The van der Waals surface area contributed by atoms with Crippen LogP contribution in [-0.4, -0.2) is 18.9 Å². The fraction of sp³-hybridized carbons (Fsp3) is 0.278. The van der Waals surface area contributed by atoms with Gasteiger partial charge in [0.2, 0.25) is 0 Å². The Hall–Kier alpha value is -2.13. The molecule has 0 radical (unpaired) electrons. The van der Waals surface area contributed by atoms with Crippen LogP contribution in [0, 0.1) is 6.92 Å². The van der Waals surface area contributed by atoms with E-state index in [0.717, 1.165) is 22.4 Å². The van der Waals surface area contributed by atoms with Crippen molar-refractivity contribution in [3.63, 3.8) is 0 Å². The summed E-state index contributed by atoms with van der Waals surface area (Å²) in [6.07, 6.45) is 0. The number of nitrogens with one attached hydrogen (secondary N) is 1. The second kappa shape index (κ2) is 7.04. The number of Topliss-reactive ketones (excluding diaryl/α,β-unsaturated/α-hetero) is 1. The SMILES string of the molecule is COc1ccc(CNC(C)C(=O)c2ccc(C)cc2)cc1. The van der Waals surface area contributed by atoms with E-state index in [4.69, 9.17) is 4.74 Å². The van der Waals surface area contributed by atoms with E-state index >= 15 is 0 Å². The van der Waals surface area contributed by atoms with Gasteiger partial charge < -0.3 is 10.1 Å². The first-order valence-corrected chi connectivity index (χ1v) is 7.07. The fourth-order valence-corrected chi connectivity index (χ4v) is 2.07. The predicted molar refractivity (Wildman–Crippen MR) is 84.8 cm³/mol. The molecule has 0 bridgehead atoms. The van der Waals surface area contributed by atoms with Gasteiger partial charge >= 0.3 is 0 Å². The third-order valence-corrected chi connectivity index (χ3v) is 3.50. The molecule has 0 aliphatic heterocycles. The minimum absolute atomic E-state index is 0.114. The van der Waals surface area contributed by atoms with Crippen molar-refractivity contribution in [3.05, 3.63) is 65.2 Å². The van der Waals surface area contributed by atoms with E-state index in [-0.39, 0.29) is 11.8 Å². The Balaban J connectivity index is 1.92. The van der Waals surface area contributed by atoms with Crippen molar-refractivity contribution < 1.29 is 9.53 Å². The maximum absolute atomic E-state index is 12.3. The molecule has 3 nitrogen and oxygen atoms in total. The molecule has 0 spiro atoms. The largest absolute Gasteiger partial charge is 0.497 e. The molecule has 3 heteroatoms. The van der Waals surface area contributed by atoms with Crippen LogP contribution in [0.3, 0.4) is 0 Å². The summed E-state index contributed by atoms with van der Waals surface area (Å²) in [5, 5.41) is 3.26. The van der Waals surface area contributed by atoms with Gasteiger partial charge in [-0.05, 0) is 31.5 Å². The summed E-state index contributed by atoms with van der Waals surface area (Å²) < 4.78 is 5.13. The molecule has 0 heterocycles. The number of carbonyl (C=O) groups excluding carboxylic acids is 1. The molecule has 0 saturated heterocycles. The molecule has 0 saturated carbocycles. The van der Waals surface area contributed by atoms with E-state index in [2.05, 4.69) is 5.32 Å². The van der Waals surface area contributed by atoms with Crippen molar-refractivity contribution in [2.75, 3.05) is 7.11 Å². The zero-order valence-corrected chi connectivity index (χ0v) is 12.7. The Morgan fingerprint density at radius 3 is 2.29 bits per heavy atom. The number of ketones is 1. The normalized spacial score (nSPS) is 12.0. The third-order valence-electron chi connectivity index (χ3n) is 3.50. The van der Waals surface area contributed by atoms with Crippen LogP contribution in [0.2, 0.25) is 0 Å². The summed E-state index contributed by atoms with van der Waals surface area (Å²) in [5.41, 5.74) is 3.03. The van der Waals surface area contributed by atoms with E-state index in [1.165, 1.54) is 0 Å². The molecule has 21 heavy (non-hydrogen) atoms. The van der Waals surface area contributed by atoms with Gasteiger partial charge in [0, 0.05) is 12.1 Å². The Morgan fingerprint density at radius 2 is 1.71 bits per heavy atom.